The quantitative estimate of drug-likeness (QED) is 0.176. The highest BCUT2D eigenvalue weighted by atomic mass is 32.1. The van der Waals surface area contributed by atoms with Crippen LogP contribution in [-0.2, 0) is 0 Å². The normalized spacial score (nSPS) is 11.9. The maximum absolute atomic E-state index is 6.65. The van der Waals surface area contributed by atoms with E-state index < -0.39 is 0 Å². The summed E-state index contributed by atoms with van der Waals surface area (Å²) in [5.41, 5.74) is 9.78. The highest BCUT2D eigenvalue weighted by molar-refractivity contribution is 7.26. The summed E-state index contributed by atoms with van der Waals surface area (Å²) < 4.78 is 11.6. The van der Waals surface area contributed by atoms with Crippen LogP contribution in [0.1, 0.15) is 0 Å². The molecule has 0 N–H and O–H groups in total. The van der Waals surface area contributed by atoms with Crippen LogP contribution in [0, 0.1) is 0 Å². The average molecular weight is 747 g/mol. The second-order valence-corrected chi connectivity index (χ2v) is 15.4. The van der Waals surface area contributed by atoms with Gasteiger partial charge < -0.3 is 8.98 Å². The van der Waals surface area contributed by atoms with Gasteiger partial charge in [0.2, 0.25) is 0 Å². The number of hydrogen-bond donors (Lipinski definition) is 0. The summed E-state index contributed by atoms with van der Waals surface area (Å²) >= 11 is 1.85. The topological polar surface area (TPSA) is 56.7 Å². The molecule has 0 unspecified atom stereocenters. The van der Waals surface area contributed by atoms with Gasteiger partial charge in [0.25, 0.3) is 0 Å². The first-order valence-electron chi connectivity index (χ1n) is 19.0. The zero-order chi connectivity index (χ0) is 37.5. The first-order chi connectivity index (χ1) is 28.2. The van der Waals surface area contributed by atoms with E-state index in [-0.39, 0.29) is 0 Å². The highest BCUT2D eigenvalue weighted by Gasteiger charge is 2.21. The molecule has 0 radical (unpaired) electrons. The number of nitrogens with zero attached hydrogens (tertiary/aromatic N) is 4. The lowest BCUT2D eigenvalue weighted by Crippen LogP contribution is -2.02. The van der Waals surface area contributed by atoms with Crippen molar-refractivity contribution < 1.29 is 4.42 Å². The van der Waals surface area contributed by atoms with Gasteiger partial charge in [0, 0.05) is 65.0 Å². The van der Waals surface area contributed by atoms with Crippen molar-refractivity contribution in [3.8, 4) is 51.0 Å². The van der Waals surface area contributed by atoms with Crippen molar-refractivity contribution in [1.29, 1.82) is 0 Å². The van der Waals surface area contributed by atoms with Crippen LogP contribution in [0.5, 0.6) is 0 Å². The van der Waals surface area contributed by atoms with E-state index in [4.69, 9.17) is 19.4 Å². The van der Waals surface area contributed by atoms with E-state index in [0.717, 1.165) is 61.0 Å². The number of para-hydroxylation sites is 3. The molecule has 0 spiro atoms. The van der Waals surface area contributed by atoms with Gasteiger partial charge in [-0.15, -0.1) is 11.3 Å². The van der Waals surface area contributed by atoms with Crippen LogP contribution in [0.25, 0.3) is 115 Å². The Labute approximate surface area is 330 Å². The smallest absolute Gasteiger partial charge is 0.164 e. The molecule has 0 amide bonds. The van der Waals surface area contributed by atoms with Crippen LogP contribution in [0.3, 0.4) is 0 Å². The van der Waals surface area contributed by atoms with Gasteiger partial charge in [-0.2, -0.15) is 0 Å². The van der Waals surface area contributed by atoms with Crippen molar-refractivity contribution in [2.45, 2.75) is 0 Å². The van der Waals surface area contributed by atoms with Gasteiger partial charge >= 0.3 is 0 Å². The Balaban J connectivity index is 1.20. The molecule has 12 aromatic rings. The molecule has 0 fully saturated rings. The molecule has 5 nitrogen and oxygen atoms in total. The van der Waals surface area contributed by atoms with Gasteiger partial charge in [0.1, 0.15) is 11.2 Å². The molecule has 0 aliphatic heterocycles. The molecule has 6 heteroatoms. The predicted octanol–water partition coefficient (Wildman–Crippen LogP) is 13.9. The average Bonchev–Trinajstić information content (AvgIpc) is 3.96. The lowest BCUT2D eigenvalue weighted by molar-refractivity contribution is 0.670. The minimum atomic E-state index is 0.593. The minimum absolute atomic E-state index is 0.593. The Morgan fingerprint density at radius 2 is 1.02 bits per heavy atom. The molecule has 0 saturated heterocycles. The molecular weight excluding hydrogens is 717 g/mol. The summed E-state index contributed by atoms with van der Waals surface area (Å²) in [4.78, 5) is 15.4. The third-order valence-electron chi connectivity index (χ3n) is 11.0. The number of thiophene rings is 1. The second-order valence-electron chi connectivity index (χ2n) is 14.4. The monoisotopic (exact) mass is 746 g/mol. The van der Waals surface area contributed by atoms with Crippen LogP contribution in [-0.4, -0.2) is 19.5 Å². The largest absolute Gasteiger partial charge is 0.455 e. The molecule has 8 aromatic carbocycles. The van der Waals surface area contributed by atoms with Crippen LogP contribution < -0.4 is 0 Å². The zero-order valence-electron chi connectivity index (χ0n) is 30.4. The molecule has 0 atom stereocenters. The van der Waals surface area contributed by atoms with Gasteiger partial charge in [-0.25, -0.2) is 15.0 Å². The predicted molar refractivity (Wildman–Crippen MR) is 236 cm³/mol. The van der Waals surface area contributed by atoms with E-state index >= 15 is 0 Å². The summed E-state index contributed by atoms with van der Waals surface area (Å²) in [5, 5.41) is 7.13. The van der Waals surface area contributed by atoms with E-state index in [2.05, 4.69) is 114 Å². The lowest BCUT2D eigenvalue weighted by atomic mass is 9.99. The fourth-order valence-corrected chi connectivity index (χ4v) is 9.68. The molecule has 57 heavy (non-hydrogen) atoms. The Morgan fingerprint density at radius 3 is 1.79 bits per heavy atom. The van der Waals surface area contributed by atoms with Crippen molar-refractivity contribution >= 4 is 75.3 Å². The Morgan fingerprint density at radius 1 is 0.421 bits per heavy atom. The summed E-state index contributed by atoms with van der Waals surface area (Å²) in [5.74, 6) is 1.83. The Kier molecular flexibility index (Phi) is 7.03. The van der Waals surface area contributed by atoms with Crippen molar-refractivity contribution in [3.63, 3.8) is 0 Å². The van der Waals surface area contributed by atoms with E-state index in [1.165, 1.54) is 36.5 Å². The number of furan rings is 1. The molecule has 12 rings (SSSR count). The van der Waals surface area contributed by atoms with Crippen molar-refractivity contribution in [2.24, 2.45) is 0 Å². The number of aromatic nitrogens is 4. The lowest BCUT2D eigenvalue weighted by Gasteiger charge is -2.15. The number of rotatable bonds is 5. The standard InChI is InChI=1S/C51H30N4OS/c1-3-14-31(15-4-1)49-52-50(32-16-5-2-6-17-32)54-51(53-49)34-28-33(36-21-13-22-41-38-19-8-11-24-44(38)56-47(36)41)29-35(30-34)55-43-23-10-7-18-37(43)40-26-27-42-39-20-9-12-25-45(39)57-48(42)46(40)55/h1-30H. The fourth-order valence-electron chi connectivity index (χ4n) is 8.44. The van der Waals surface area contributed by atoms with E-state index in [0.29, 0.717) is 17.5 Å². The van der Waals surface area contributed by atoms with Crippen molar-refractivity contribution in [2.75, 3.05) is 0 Å². The molecule has 0 saturated carbocycles. The first-order valence-corrected chi connectivity index (χ1v) is 19.8. The van der Waals surface area contributed by atoms with Crippen LogP contribution in [0.2, 0.25) is 0 Å². The third-order valence-corrected chi connectivity index (χ3v) is 12.2. The highest BCUT2D eigenvalue weighted by Crippen LogP contribution is 2.44. The van der Waals surface area contributed by atoms with E-state index in [1.807, 2.05) is 84.1 Å². The van der Waals surface area contributed by atoms with Gasteiger partial charge in [-0.3, -0.25) is 0 Å². The summed E-state index contributed by atoms with van der Waals surface area (Å²) in [6, 6.07) is 63.7. The first kappa shape index (κ1) is 31.9. The van der Waals surface area contributed by atoms with Crippen molar-refractivity contribution in [1.82, 2.24) is 19.5 Å². The van der Waals surface area contributed by atoms with Gasteiger partial charge in [-0.05, 0) is 42.0 Å². The molecule has 266 valence electrons. The SMILES string of the molecule is c1ccc(-c2nc(-c3ccccc3)nc(-c3cc(-c4cccc5c4oc4ccccc45)cc(-n4c5ccccc5c5ccc6c7ccccc7sc6c54)c3)n2)cc1. The maximum atomic E-state index is 6.65. The molecule has 0 aliphatic rings. The second kappa shape index (κ2) is 12.6. The number of fused-ring (bicyclic) bond motifs is 10. The fraction of sp³-hybridized carbons (Fsp3) is 0. The van der Waals surface area contributed by atoms with Gasteiger partial charge in [0.15, 0.2) is 17.5 Å². The van der Waals surface area contributed by atoms with Crippen LogP contribution >= 0.6 is 11.3 Å². The Hall–Kier alpha value is -7.41. The number of benzene rings is 8. The third kappa shape index (κ3) is 5.04. The zero-order valence-corrected chi connectivity index (χ0v) is 31.2. The van der Waals surface area contributed by atoms with Crippen molar-refractivity contribution in [3.05, 3.63) is 182 Å². The van der Waals surface area contributed by atoms with Gasteiger partial charge in [0.05, 0.1) is 15.7 Å². The van der Waals surface area contributed by atoms with Crippen LogP contribution in [0.15, 0.2) is 186 Å². The molecular formula is C51H30N4OS. The molecule has 0 aliphatic carbocycles. The van der Waals surface area contributed by atoms with Gasteiger partial charge in [-0.1, -0.05) is 146 Å². The molecule has 0 bridgehead atoms. The molecule has 4 heterocycles. The van der Waals surface area contributed by atoms with E-state index in [1.54, 1.807) is 0 Å². The maximum Gasteiger partial charge on any atom is 0.164 e. The summed E-state index contributed by atoms with van der Waals surface area (Å²) in [6.07, 6.45) is 0. The number of hydrogen-bond acceptors (Lipinski definition) is 5. The van der Waals surface area contributed by atoms with E-state index in [9.17, 15) is 0 Å². The Bertz CT molecular complexity index is 3470. The van der Waals surface area contributed by atoms with Crippen LogP contribution in [0.4, 0.5) is 0 Å². The summed E-state index contributed by atoms with van der Waals surface area (Å²) in [7, 11) is 0. The summed E-state index contributed by atoms with van der Waals surface area (Å²) in [6.45, 7) is 0. The minimum Gasteiger partial charge on any atom is -0.455 e. The molecule has 4 aromatic heterocycles.